The third-order valence-electron chi connectivity index (χ3n) is 14.0. The second kappa shape index (κ2) is 11.9. The zero-order chi connectivity index (χ0) is 39.5. The molecule has 1 aliphatic carbocycles. The number of H-pyrrole nitrogens is 1. The standard InChI is InChI=1S/C53H41BN2S3/c1-28-23-36-37(53(4,5)22-21-52(36,2)3)26-39(28)56-40-24-34-29-13-6-9-18-42(29)57-45(34)27-38(40)54-48-41(56)25-35-30-14-7-10-19-43(30)58-50(35)47(48)33-17-12-16-32-46-31-15-8-11-20-44(31)59-51(46)55-49(32)33/h6-20,23-27,54-55H,21-22H2,1-5H3. The highest BCUT2D eigenvalue weighted by Gasteiger charge is 2.39. The molecule has 4 aromatic heterocycles. The van der Waals surface area contributed by atoms with E-state index in [4.69, 9.17) is 0 Å². The molecule has 11 aromatic rings. The SMILES string of the molecule is Cc1cc2c(cc1N1c3cc4c(cc3Bc3c1cc1c(sc5ccccc51)c3-c1cccc3c1[nH]c1sc5ccccc5c13)sc1ccccc14)C(C)(C)CCC2(C)C. The van der Waals surface area contributed by atoms with Crippen molar-refractivity contribution in [3.05, 3.63) is 138 Å². The summed E-state index contributed by atoms with van der Waals surface area (Å²) in [4.78, 5) is 7.95. The smallest absolute Gasteiger partial charge is 0.198 e. The topological polar surface area (TPSA) is 19.0 Å². The molecule has 0 unspecified atom stereocenters. The lowest BCUT2D eigenvalue weighted by Crippen LogP contribution is -2.41. The Morgan fingerprint density at radius 2 is 1.19 bits per heavy atom. The van der Waals surface area contributed by atoms with E-state index in [1.807, 2.05) is 34.0 Å². The third-order valence-corrected chi connectivity index (χ3v) is 17.5. The number of thiophene rings is 3. The number of rotatable bonds is 2. The Bertz CT molecular complexity index is 3630. The van der Waals surface area contributed by atoms with E-state index in [9.17, 15) is 0 Å². The zero-order valence-corrected chi connectivity index (χ0v) is 36.3. The molecular weight excluding hydrogens is 772 g/mol. The van der Waals surface area contributed by atoms with Gasteiger partial charge in [-0.25, -0.2) is 0 Å². The van der Waals surface area contributed by atoms with E-state index in [1.165, 1.54) is 140 Å². The molecule has 0 atom stereocenters. The van der Waals surface area contributed by atoms with E-state index >= 15 is 0 Å². The van der Waals surface area contributed by atoms with Crippen molar-refractivity contribution in [1.29, 1.82) is 0 Å². The molecule has 59 heavy (non-hydrogen) atoms. The number of para-hydroxylation sites is 1. The monoisotopic (exact) mass is 812 g/mol. The highest BCUT2D eigenvalue weighted by atomic mass is 32.1. The van der Waals surface area contributed by atoms with Gasteiger partial charge in [-0.15, -0.1) is 34.0 Å². The van der Waals surface area contributed by atoms with Gasteiger partial charge in [0.05, 0.1) is 5.52 Å². The van der Waals surface area contributed by atoms with Crippen LogP contribution in [0.25, 0.3) is 82.7 Å². The van der Waals surface area contributed by atoms with Crippen LogP contribution in [0.4, 0.5) is 17.1 Å². The summed E-state index contributed by atoms with van der Waals surface area (Å²) in [6, 6.07) is 46.6. The maximum Gasteiger partial charge on any atom is 0.198 e. The molecule has 2 nitrogen and oxygen atoms in total. The molecule has 0 radical (unpaired) electrons. The van der Waals surface area contributed by atoms with Crippen LogP contribution in [0.15, 0.2) is 121 Å². The molecule has 5 heterocycles. The summed E-state index contributed by atoms with van der Waals surface area (Å²) in [6.07, 6.45) is 2.39. The Morgan fingerprint density at radius 1 is 0.559 bits per heavy atom. The fourth-order valence-corrected chi connectivity index (χ4v) is 14.4. The quantitative estimate of drug-likeness (QED) is 0.172. The average molecular weight is 813 g/mol. The van der Waals surface area contributed by atoms with Gasteiger partial charge in [0.2, 0.25) is 0 Å². The third kappa shape index (κ3) is 4.74. The van der Waals surface area contributed by atoms with E-state index in [1.54, 1.807) is 0 Å². The molecule has 2 aliphatic rings. The van der Waals surface area contributed by atoms with E-state index < -0.39 is 0 Å². The first kappa shape index (κ1) is 34.5. The van der Waals surface area contributed by atoms with Crippen molar-refractivity contribution in [2.45, 2.75) is 58.3 Å². The van der Waals surface area contributed by atoms with Gasteiger partial charge in [-0.3, -0.25) is 0 Å². The van der Waals surface area contributed by atoms with Crippen LogP contribution >= 0.6 is 34.0 Å². The first-order valence-electron chi connectivity index (χ1n) is 20.9. The zero-order valence-electron chi connectivity index (χ0n) is 33.8. The van der Waals surface area contributed by atoms with Gasteiger partial charge in [0.25, 0.3) is 0 Å². The molecule has 0 fully saturated rings. The lowest BCUT2D eigenvalue weighted by atomic mass is 9.57. The van der Waals surface area contributed by atoms with Gasteiger partial charge in [0.1, 0.15) is 4.83 Å². The minimum Gasteiger partial charge on any atom is -0.346 e. The predicted octanol–water partition coefficient (Wildman–Crippen LogP) is 14.8. The summed E-state index contributed by atoms with van der Waals surface area (Å²) in [5.41, 5.74) is 15.2. The molecule has 0 spiro atoms. The second-order valence-corrected chi connectivity index (χ2v) is 21.6. The minimum absolute atomic E-state index is 0.0846. The number of aryl methyl sites for hydroxylation is 1. The molecule has 1 N–H and O–H groups in total. The van der Waals surface area contributed by atoms with Gasteiger partial charge >= 0.3 is 0 Å². The van der Waals surface area contributed by atoms with Crippen molar-refractivity contribution >= 4 is 141 Å². The van der Waals surface area contributed by atoms with Crippen molar-refractivity contribution in [1.82, 2.24) is 4.98 Å². The summed E-state index contributed by atoms with van der Waals surface area (Å²) >= 11 is 5.75. The molecule has 7 aromatic carbocycles. The molecule has 6 heteroatoms. The highest BCUT2D eigenvalue weighted by molar-refractivity contribution is 7.27. The summed E-state index contributed by atoms with van der Waals surface area (Å²) in [5, 5.41) is 9.34. The summed E-state index contributed by atoms with van der Waals surface area (Å²) < 4.78 is 6.75. The van der Waals surface area contributed by atoms with E-state index in [2.05, 4.69) is 166 Å². The highest BCUT2D eigenvalue weighted by Crippen LogP contribution is 2.52. The Kier molecular flexibility index (Phi) is 6.94. The van der Waals surface area contributed by atoms with E-state index in [0.717, 1.165) is 7.28 Å². The van der Waals surface area contributed by atoms with Crippen LogP contribution in [0, 0.1) is 6.92 Å². The molecule has 0 amide bonds. The Hall–Kier alpha value is -5.40. The normalized spacial score (nSPS) is 15.8. The number of aromatic nitrogens is 1. The number of aromatic amines is 1. The van der Waals surface area contributed by atoms with Crippen LogP contribution in [0.5, 0.6) is 0 Å². The first-order valence-corrected chi connectivity index (χ1v) is 23.4. The van der Waals surface area contributed by atoms with Gasteiger partial charge in [-0.05, 0) is 101 Å². The molecule has 1 aliphatic heterocycles. The molecule has 0 saturated heterocycles. The molecule has 13 rings (SSSR count). The van der Waals surface area contributed by atoms with Gasteiger partial charge in [-0.1, -0.05) is 112 Å². The van der Waals surface area contributed by atoms with Crippen molar-refractivity contribution in [3.63, 3.8) is 0 Å². The lowest BCUT2D eigenvalue weighted by Gasteiger charge is -2.43. The van der Waals surface area contributed by atoms with Gasteiger partial charge in [-0.2, -0.15) is 0 Å². The Balaban J connectivity index is 1.17. The van der Waals surface area contributed by atoms with Crippen LogP contribution in [0.3, 0.4) is 0 Å². The first-order chi connectivity index (χ1) is 28.6. The van der Waals surface area contributed by atoms with Gasteiger partial charge in [0.15, 0.2) is 7.28 Å². The van der Waals surface area contributed by atoms with Crippen molar-refractivity contribution < 1.29 is 0 Å². The largest absolute Gasteiger partial charge is 0.346 e. The molecule has 0 bridgehead atoms. The number of fused-ring (bicyclic) bond motifs is 14. The number of nitrogens with one attached hydrogen (secondary N) is 1. The lowest BCUT2D eigenvalue weighted by molar-refractivity contribution is 0.332. The number of nitrogens with zero attached hydrogens (tertiary/aromatic N) is 1. The Labute approximate surface area is 356 Å². The molecular formula is C53H41BN2S3. The van der Waals surface area contributed by atoms with Crippen LogP contribution in [0.1, 0.15) is 57.2 Å². The molecule has 0 saturated carbocycles. The van der Waals surface area contributed by atoms with Crippen LogP contribution < -0.4 is 15.8 Å². The maximum absolute atomic E-state index is 4.01. The van der Waals surface area contributed by atoms with Crippen molar-refractivity contribution in [2.24, 2.45) is 0 Å². The molecule has 284 valence electrons. The fourth-order valence-electron chi connectivity index (χ4n) is 10.8. The predicted molar refractivity (Wildman–Crippen MR) is 264 cm³/mol. The average Bonchev–Trinajstić information content (AvgIpc) is 3.99. The number of hydrogen-bond acceptors (Lipinski definition) is 4. The van der Waals surface area contributed by atoms with Gasteiger partial charge < -0.3 is 9.88 Å². The number of benzene rings is 7. The second-order valence-electron chi connectivity index (χ2n) is 18.4. The maximum atomic E-state index is 4.01. The summed E-state index contributed by atoms with van der Waals surface area (Å²) in [6.45, 7) is 12.2. The number of hydrogen-bond donors (Lipinski definition) is 1. The Morgan fingerprint density at radius 3 is 1.95 bits per heavy atom. The van der Waals surface area contributed by atoms with E-state index in [-0.39, 0.29) is 10.8 Å². The van der Waals surface area contributed by atoms with Crippen molar-refractivity contribution in [2.75, 3.05) is 4.90 Å². The fraction of sp³-hybridized carbons (Fsp3) is 0.170. The van der Waals surface area contributed by atoms with Crippen LogP contribution in [-0.2, 0) is 10.8 Å². The minimum atomic E-state index is 0.0846. The van der Waals surface area contributed by atoms with Crippen molar-refractivity contribution in [3.8, 4) is 11.1 Å². The number of anilines is 3. The van der Waals surface area contributed by atoms with Gasteiger partial charge in [0, 0.05) is 83.8 Å². The van der Waals surface area contributed by atoms with E-state index in [0.29, 0.717) is 0 Å². The summed E-state index contributed by atoms with van der Waals surface area (Å²) in [5.74, 6) is 0. The van der Waals surface area contributed by atoms with Crippen LogP contribution in [0.2, 0.25) is 0 Å². The van der Waals surface area contributed by atoms with Crippen LogP contribution in [-0.4, -0.2) is 12.3 Å². The summed E-state index contributed by atoms with van der Waals surface area (Å²) in [7, 11) is 0.863.